The molecule has 2 fully saturated rings. The van der Waals surface area contributed by atoms with E-state index in [9.17, 15) is 45.5 Å². The number of amides is 2. The SMILES string of the molecule is COC(=O)CC1CCN(C(=O)c2ncc(Cl)c(Cn3cc(C)c4cc(C(F)(F)F)cc(C)c43)c2Cl)CC1.Cc1cn(Cc2c(Cl)cnc(C(=O)N3CCC(CC(=O)O)CC3)c2Cl)c2c(C)cc(C(F)(F)F)cc12. The molecule has 4 aromatic heterocycles. The zero-order valence-electron chi connectivity index (χ0n) is 40.2. The highest BCUT2D eigenvalue weighted by atomic mass is 35.5. The van der Waals surface area contributed by atoms with Gasteiger partial charge < -0.3 is 28.8 Å². The fourth-order valence-electron chi connectivity index (χ4n) is 9.72. The Morgan fingerprint density at radius 2 is 0.986 bits per heavy atom. The molecule has 0 aliphatic carbocycles. The molecule has 1 N–H and O–H groups in total. The van der Waals surface area contributed by atoms with Crippen molar-refractivity contribution in [3.8, 4) is 0 Å². The number of rotatable bonds is 10. The van der Waals surface area contributed by atoms with E-state index in [2.05, 4.69) is 9.97 Å². The van der Waals surface area contributed by atoms with Gasteiger partial charge >= 0.3 is 24.3 Å². The number of carboxylic acids is 1. The number of hydrogen-bond donors (Lipinski definition) is 1. The topological polar surface area (TPSA) is 140 Å². The third-order valence-corrected chi connectivity index (χ3v) is 15.0. The van der Waals surface area contributed by atoms with Crippen molar-refractivity contribution in [3.63, 3.8) is 0 Å². The molecule has 2 amide bonds. The highest BCUT2D eigenvalue weighted by molar-refractivity contribution is 6.38. The summed E-state index contributed by atoms with van der Waals surface area (Å²) in [5.74, 6) is -1.67. The Morgan fingerprint density at radius 3 is 1.33 bits per heavy atom. The molecular formula is C51H50Cl4F6N6O6. The van der Waals surface area contributed by atoms with Crippen LogP contribution in [0.3, 0.4) is 0 Å². The van der Waals surface area contributed by atoms with E-state index in [1.165, 1.54) is 19.5 Å². The number of carbonyl (C=O) groups excluding carboxylic acids is 3. The minimum absolute atomic E-state index is 0.0159. The van der Waals surface area contributed by atoms with Crippen molar-refractivity contribution in [2.75, 3.05) is 33.3 Å². The minimum atomic E-state index is -4.46. The zero-order valence-corrected chi connectivity index (χ0v) is 43.2. The largest absolute Gasteiger partial charge is 0.481 e. The van der Waals surface area contributed by atoms with Gasteiger partial charge in [0.1, 0.15) is 11.4 Å². The smallest absolute Gasteiger partial charge is 0.416 e. The van der Waals surface area contributed by atoms with Crippen LogP contribution in [0.15, 0.2) is 49.1 Å². The van der Waals surface area contributed by atoms with Crippen LogP contribution in [0, 0.1) is 39.5 Å². The molecule has 0 atom stereocenters. The molecule has 390 valence electrons. The predicted molar refractivity (Wildman–Crippen MR) is 266 cm³/mol. The first-order valence-electron chi connectivity index (χ1n) is 23.1. The summed E-state index contributed by atoms with van der Waals surface area (Å²) in [6.45, 7) is 8.72. The van der Waals surface area contributed by atoms with Crippen molar-refractivity contribution in [1.82, 2.24) is 28.9 Å². The maximum atomic E-state index is 13.3. The van der Waals surface area contributed by atoms with Crippen LogP contribution in [-0.2, 0) is 39.8 Å². The van der Waals surface area contributed by atoms with Crippen molar-refractivity contribution in [3.05, 3.63) is 125 Å². The highest BCUT2D eigenvalue weighted by Crippen LogP contribution is 2.39. The van der Waals surface area contributed by atoms with Gasteiger partial charge in [0.2, 0.25) is 0 Å². The van der Waals surface area contributed by atoms with E-state index in [0.29, 0.717) is 113 Å². The van der Waals surface area contributed by atoms with Crippen molar-refractivity contribution >= 4 is 92.0 Å². The molecule has 2 saturated heterocycles. The Balaban J connectivity index is 0.000000214. The number of aryl methyl sites for hydroxylation is 4. The molecular weight excluding hydrogens is 1050 g/mol. The van der Waals surface area contributed by atoms with Crippen LogP contribution in [0.25, 0.3) is 21.8 Å². The minimum Gasteiger partial charge on any atom is -0.481 e. The maximum Gasteiger partial charge on any atom is 0.416 e. The van der Waals surface area contributed by atoms with Crippen molar-refractivity contribution < 1.29 is 55.4 Å². The van der Waals surface area contributed by atoms with Gasteiger partial charge in [0.15, 0.2) is 0 Å². The number of methoxy groups -OCH3 is 1. The molecule has 0 bridgehead atoms. The summed E-state index contributed by atoms with van der Waals surface area (Å²) in [6, 6.07) is 4.50. The number of halogens is 10. The average molecular weight is 1100 g/mol. The summed E-state index contributed by atoms with van der Waals surface area (Å²) >= 11 is 26.1. The molecule has 22 heteroatoms. The lowest BCUT2D eigenvalue weighted by Gasteiger charge is -2.31. The molecule has 6 aromatic rings. The standard InChI is InChI=1S/C26H26Cl2F3N3O3.C25H24Cl2F3N3O3/c1-14-8-17(26(29,30)31)10-18-15(2)12-34(24(14)18)13-19-20(27)11-32-23(22(19)28)25(36)33-6-4-16(5-7-33)9-21(35)37-3;1-13-7-16(25(28,29)30)9-17-14(2)11-33(23(13)17)12-18-19(26)10-31-22(21(18)27)24(36)32-5-3-15(4-6-32)8-20(34)35/h8,10-12,16H,4-7,9,13H2,1-3H3;7,9-11,15H,3-6,8,12H2,1-2H3,(H,34,35). The first kappa shape index (κ1) is 55.2. The average Bonchev–Trinajstić information content (AvgIpc) is 3.83. The number of hydrogen-bond acceptors (Lipinski definition) is 7. The molecule has 0 saturated carbocycles. The third-order valence-electron chi connectivity index (χ3n) is 13.5. The number of aromatic nitrogens is 4. The first-order chi connectivity index (χ1) is 34.3. The number of pyridine rings is 2. The lowest BCUT2D eigenvalue weighted by Crippen LogP contribution is -2.39. The number of carbonyl (C=O) groups is 4. The second-order valence-corrected chi connectivity index (χ2v) is 20.2. The van der Waals surface area contributed by atoms with E-state index in [1.54, 1.807) is 59.0 Å². The number of likely N-dealkylation sites (tertiary alicyclic amines) is 2. The molecule has 0 unspecified atom stereocenters. The molecule has 2 aromatic carbocycles. The van der Waals surface area contributed by atoms with Crippen LogP contribution < -0.4 is 0 Å². The van der Waals surface area contributed by atoms with Crippen LogP contribution in [0.2, 0.25) is 20.1 Å². The fourth-order valence-corrected chi connectivity index (χ4v) is 10.8. The summed E-state index contributed by atoms with van der Waals surface area (Å²) in [7, 11) is 1.35. The molecule has 8 rings (SSSR count). The van der Waals surface area contributed by atoms with E-state index in [0.717, 1.165) is 24.3 Å². The Kier molecular flexibility index (Phi) is 16.7. The van der Waals surface area contributed by atoms with E-state index in [1.807, 2.05) is 0 Å². The maximum absolute atomic E-state index is 13.3. The van der Waals surface area contributed by atoms with Crippen LogP contribution in [-0.4, -0.2) is 91.1 Å². The molecule has 0 radical (unpaired) electrons. The Bertz CT molecular complexity index is 3120. The van der Waals surface area contributed by atoms with Gasteiger partial charge in [0.05, 0.1) is 62.5 Å². The van der Waals surface area contributed by atoms with Gasteiger partial charge in [-0.05, 0) is 112 Å². The van der Waals surface area contributed by atoms with Crippen LogP contribution in [0.1, 0.15) is 104 Å². The second kappa shape index (κ2) is 22.1. The summed E-state index contributed by atoms with van der Waals surface area (Å²) < 4.78 is 88.3. The number of benzene rings is 2. The van der Waals surface area contributed by atoms with E-state index >= 15 is 0 Å². The summed E-state index contributed by atoms with van der Waals surface area (Å²) in [4.78, 5) is 60.5. The first-order valence-corrected chi connectivity index (χ1v) is 24.7. The second-order valence-electron chi connectivity index (χ2n) is 18.6. The molecule has 2 aliphatic heterocycles. The van der Waals surface area contributed by atoms with Crippen LogP contribution >= 0.6 is 46.4 Å². The lowest BCUT2D eigenvalue weighted by molar-refractivity contribution is -0.142. The van der Waals surface area contributed by atoms with Gasteiger partial charge in [-0.15, -0.1) is 0 Å². The van der Waals surface area contributed by atoms with Gasteiger partial charge in [0, 0.05) is 85.7 Å². The normalized spacial score (nSPS) is 14.9. The van der Waals surface area contributed by atoms with Gasteiger partial charge in [-0.2, -0.15) is 26.3 Å². The van der Waals surface area contributed by atoms with Crippen molar-refractivity contribution in [2.24, 2.45) is 11.8 Å². The van der Waals surface area contributed by atoms with Gasteiger partial charge in [-0.1, -0.05) is 46.4 Å². The van der Waals surface area contributed by atoms with Crippen LogP contribution in [0.5, 0.6) is 0 Å². The Labute approximate surface area is 436 Å². The van der Waals surface area contributed by atoms with Crippen LogP contribution in [0.4, 0.5) is 26.3 Å². The lowest BCUT2D eigenvalue weighted by atomic mass is 9.93. The van der Waals surface area contributed by atoms with Gasteiger partial charge in [-0.3, -0.25) is 19.2 Å². The fraction of sp³-hybridized carbons (Fsp3) is 0.412. The molecule has 12 nitrogen and oxygen atoms in total. The number of aliphatic carboxylic acids is 1. The Hall–Kier alpha value is -5.56. The third kappa shape index (κ3) is 12.2. The molecule has 6 heterocycles. The Morgan fingerprint density at radius 1 is 0.616 bits per heavy atom. The molecule has 73 heavy (non-hydrogen) atoms. The quantitative estimate of drug-likeness (QED) is 0.106. The molecule has 0 spiro atoms. The number of piperidine rings is 2. The number of alkyl halides is 6. The predicted octanol–water partition coefficient (Wildman–Crippen LogP) is 12.8. The van der Waals surface area contributed by atoms with E-state index in [-0.39, 0.29) is 80.6 Å². The number of ether oxygens (including phenoxy) is 1. The van der Waals surface area contributed by atoms with Gasteiger partial charge in [-0.25, -0.2) is 9.97 Å². The summed E-state index contributed by atoms with van der Waals surface area (Å²) in [5.41, 5.74) is 3.10. The molecule has 2 aliphatic rings. The van der Waals surface area contributed by atoms with E-state index in [4.69, 9.17) is 56.2 Å². The number of nitrogens with zero attached hydrogens (tertiary/aromatic N) is 6. The number of esters is 1. The summed E-state index contributed by atoms with van der Waals surface area (Å²) in [5, 5.41) is 10.6. The van der Waals surface area contributed by atoms with Gasteiger partial charge in [0.25, 0.3) is 11.8 Å². The highest BCUT2D eigenvalue weighted by Gasteiger charge is 2.34. The van der Waals surface area contributed by atoms with Crippen molar-refractivity contribution in [1.29, 1.82) is 0 Å². The van der Waals surface area contributed by atoms with Crippen molar-refractivity contribution in [2.45, 2.75) is 91.7 Å². The monoisotopic (exact) mass is 1100 g/mol. The zero-order chi connectivity index (χ0) is 53.4. The number of carboxylic acid groups (broad SMARTS) is 1. The van der Waals surface area contributed by atoms with E-state index < -0.39 is 29.4 Å². The number of fused-ring (bicyclic) bond motifs is 2. The summed E-state index contributed by atoms with van der Waals surface area (Å²) in [6.07, 6.45) is 0.146.